The van der Waals surface area contributed by atoms with Gasteiger partial charge in [0.1, 0.15) is 11.5 Å². The minimum Gasteiger partial charge on any atom is -0.403 e. The van der Waals surface area contributed by atoms with Crippen LogP contribution in [0.3, 0.4) is 0 Å². The molecule has 142 valence electrons. The van der Waals surface area contributed by atoms with E-state index in [1.54, 1.807) is 24.3 Å². The van der Waals surface area contributed by atoms with E-state index >= 15 is 0 Å². The van der Waals surface area contributed by atoms with Gasteiger partial charge in [-0.1, -0.05) is 24.3 Å². The number of fused-ring (bicyclic) bond motifs is 2. The van der Waals surface area contributed by atoms with Crippen molar-refractivity contribution in [1.29, 1.82) is 0 Å². The number of phosphoric acid groups is 2. The maximum atomic E-state index is 12.7. The average molecular weight is 410 g/mol. The molecule has 10 heteroatoms. The van der Waals surface area contributed by atoms with E-state index in [-0.39, 0.29) is 11.5 Å². The van der Waals surface area contributed by atoms with Gasteiger partial charge in [0.25, 0.3) is 0 Å². The normalized spacial score (nSPS) is 18.9. The highest BCUT2D eigenvalue weighted by atomic mass is 31.2. The Balaban J connectivity index is 2.06. The smallest absolute Gasteiger partial charge is 0.403 e. The van der Waals surface area contributed by atoms with Gasteiger partial charge < -0.3 is 13.6 Å². The molecule has 0 aromatic heterocycles. The van der Waals surface area contributed by atoms with Crippen LogP contribution in [0.4, 0.5) is 0 Å². The summed E-state index contributed by atoms with van der Waals surface area (Å²) < 4.78 is 56.5. The summed E-state index contributed by atoms with van der Waals surface area (Å²) in [7, 11) is -4.01. The Morgan fingerprint density at radius 2 is 1.59 bits per heavy atom. The minimum atomic E-state index is -3.86. The van der Waals surface area contributed by atoms with Gasteiger partial charge in [0.05, 0.1) is 10.8 Å². The van der Waals surface area contributed by atoms with E-state index in [1.165, 1.54) is 21.3 Å². The van der Waals surface area contributed by atoms with E-state index in [9.17, 15) is 9.13 Å². The molecule has 8 nitrogen and oxygen atoms in total. The van der Waals surface area contributed by atoms with Crippen molar-refractivity contribution >= 4 is 37.2 Å². The molecule has 27 heavy (non-hydrogen) atoms. The van der Waals surface area contributed by atoms with Gasteiger partial charge in [-0.25, -0.2) is 9.13 Å². The Bertz CT molecular complexity index is 1130. The van der Waals surface area contributed by atoms with Crippen molar-refractivity contribution in [3.8, 4) is 17.2 Å². The van der Waals surface area contributed by atoms with Gasteiger partial charge in [0.2, 0.25) is 0 Å². The van der Waals surface area contributed by atoms with Crippen LogP contribution in [0.25, 0.3) is 21.5 Å². The summed E-state index contributed by atoms with van der Waals surface area (Å²) in [5, 5.41) is 2.59. The van der Waals surface area contributed by atoms with E-state index in [2.05, 4.69) is 0 Å². The zero-order valence-electron chi connectivity index (χ0n) is 14.7. The fraction of sp³-hybridized carbons (Fsp3) is 0.176. The molecule has 0 saturated heterocycles. The summed E-state index contributed by atoms with van der Waals surface area (Å²) >= 11 is 0. The lowest BCUT2D eigenvalue weighted by atomic mass is 10.0. The van der Waals surface area contributed by atoms with E-state index in [4.69, 9.17) is 27.1 Å². The zero-order chi connectivity index (χ0) is 19.2. The van der Waals surface area contributed by atoms with Crippen LogP contribution < -0.4 is 13.6 Å². The van der Waals surface area contributed by atoms with E-state index in [0.29, 0.717) is 16.5 Å². The number of phosphoric ester groups is 2. The van der Waals surface area contributed by atoms with Crippen LogP contribution in [0.15, 0.2) is 42.5 Å². The van der Waals surface area contributed by atoms with Crippen LogP contribution in [0, 0.1) is 0 Å². The standard InChI is InChI=1S/C17H16O8P2/c1-20-26(18,21-2)23-13-8-4-6-11-10-12-7-5-9-14-16(12)17(15(11)13)25-27(19,22-3)24-14/h4-10H,1-3H3. The molecule has 1 unspecified atom stereocenters. The second-order valence-corrected chi connectivity index (χ2v) is 9.06. The highest BCUT2D eigenvalue weighted by molar-refractivity contribution is 7.49. The summed E-state index contributed by atoms with van der Waals surface area (Å²) in [4.78, 5) is 0. The quantitative estimate of drug-likeness (QED) is 0.414. The molecular formula is C17H16O8P2. The first kappa shape index (κ1) is 18.3. The largest absolute Gasteiger partial charge is 0.587 e. The lowest BCUT2D eigenvalue weighted by molar-refractivity contribution is 0.212. The van der Waals surface area contributed by atoms with Crippen molar-refractivity contribution in [3.63, 3.8) is 0 Å². The fourth-order valence-electron chi connectivity index (χ4n) is 2.95. The zero-order valence-corrected chi connectivity index (χ0v) is 16.5. The van der Waals surface area contributed by atoms with Crippen LogP contribution in [-0.4, -0.2) is 21.3 Å². The Labute approximate surface area is 155 Å². The number of benzene rings is 3. The molecule has 0 saturated carbocycles. The first-order valence-corrected chi connectivity index (χ1v) is 10.8. The summed E-state index contributed by atoms with van der Waals surface area (Å²) in [6.45, 7) is 0. The van der Waals surface area contributed by atoms with Crippen LogP contribution in [0.2, 0.25) is 0 Å². The predicted molar refractivity (Wildman–Crippen MR) is 99.6 cm³/mol. The third-order valence-electron chi connectivity index (χ3n) is 4.18. The molecule has 0 bridgehead atoms. The molecule has 0 N–H and O–H groups in total. The molecule has 0 fully saturated rings. The lowest BCUT2D eigenvalue weighted by Gasteiger charge is -2.26. The Morgan fingerprint density at radius 3 is 2.26 bits per heavy atom. The summed E-state index contributed by atoms with van der Waals surface area (Å²) in [5.74, 6) is 0.803. The van der Waals surface area contributed by atoms with Crippen LogP contribution in [0.1, 0.15) is 0 Å². The molecule has 4 rings (SSSR count). The molecule has 1 atom stereocenters. The highest BCUT2D eigenvalue weighted by Gasteiger charge is 2.37. The number of hydrogen-bond acceptors (Lipinski definition) is 8. The van der Waals surface area contributed by atoms with Crippen molar-refractivity contribution in [2.75, 3.05) is 21.3 Å². The second kappa shape index (κ2) is 6.51. The average Bonchev–Trinajstić information content (AvgIpc) is 2.67. The van der Waals surface area contributed by atoms with Gasteiger partial charge in [-0.3, -0.25) is 13.6 Å². The van der Waals surface area contributed by atoms with Crippen molar-refractivity contribution < 1.29 is 36.3 Å². The van der Waals surface area contributed by atoms with Gasteiger partial charge in [0, 0.05) is 21.3 Å². The number of hydrogen-bond donors (Lipinski definition) is 0. The first-order valence-electron chi connectivity index (χ1n) is 7.86. The van der Waals surface area contributed by atoms with Gasteiger partial charge in [-0.15, -0.1) is 0 Å². The first-order chi connectivity index (χ1) is 12.9. The SMILES string of the molecule is COP(=O)(OC)Oc1cccc2cc3cccc4c3c(c12)OP(=O)(OC)O4. The van der Waals surface area contributed by atoms with Crippen LogP contribution in [0.5, 0.6) is 17.2 Å². The van der Waals surface area contributed by atoms with Gasteiger partial charge in [-0.05, 0) is 29.0 Å². The molecule has 0 spiro atoms. The second-order valence-electron chi connectivity index (χ2n) is 5.63. The van der Waals surface area contributed by atoms with E-state index in [0.717, 1.165) is 10.8 Å². The maximum absolute atomic E-state index is 12.7. The molecule has 0 aliphatic carbocycles. The Kier molecular flexibility index (Phi) is 4.41. The van der Waals surface area contributed by atoms with Gasteiger partial charge >= 0.3 is 15.6 Å². The third-order valence-corrected chi connectivity index (χ3v) is 6.76. The van der Waals surface area contributed by atoms with Gasteiger partial charge in [-0.2, -0.15) is 0 Å². The molecule has 1 aliphatic rings. The molecule has 1 aliphatic heterocycles. The highest BCUT2D eigenvalue weighted by Crippen LogP contribution is 2.60. The molecule has 3 aromatic carbocycles. The minimum absolute atomic E-state index is 0.191. The third kappa shape index (κ3) is 3.00. The van der Waals surface area contributed by atoms with E-state index < -0.39 is 15.6 Å². The van der Waals surface area contributed by atoms with Gasteiger partial charge in [0.15, 0.2) is 5.75 Å². The predicted octanol–water partition coefficient (Wildman–Crippen LogP) is 5.30. The fourth-order valence-corrected chi connectivity index (χ4v) is 4.63. The Hall–Kier alpha value is -2.08. The lowest BCUT2D eigenvalue weighted by Crippen LogP contribution is -2.08. The number of rotatable bonds is 5. The molecule has 0 amide bonds. The van der Waals surface area contributed by atoms with Crippen LogP contribution in [-0.2, 0) is 22.7 Å². The summed E-state index contributed by atoms with van der Waals surface area (Å²) in [6, 6.07) is 12.4. The molecule has 3 aromatic rings. The van der Waals surface area contributed by atoms with Crippen molar-refractivity contribution in [1.82, 2.24) is 0 Å². The summed E-state index contributed by atoms with van der Waals surface area (Å²) in [6.07, 6.45) is 0. The van der Waals surface area contributed by atoms with Crippen LogP contribution >= 0.6 is 15.6 Å². The van der Waals surface area contributed by atoms with Crippen molar-refractivity contribution in [2.45, 2.75) is 0 Å². The molecule has 0 radical (unpaired) electrons. The topological polar surface area (TPSA) is 89.5 Å². The van der Waals surface area contributed by atoms with Crippen molar-refractivity contribution in [2.24, 2.45) is 0 Å². The van der Waals surface area contributed by atoms with E-state index in [1.807, 2.05) is 18.2 Å². The Morgan fingerprint density at radius 1 is 0.926 bits per heavy atom. The van der Waals surface area contributed by atoms with Crippen molar-refractivity contribution in [3.05, 3.63) is 42.5 Å². The monoisotopic (exact) mass is 410 g/mol. The molecule has 1 heterocycles. The molecular weight excluding hydrogens is 394 g/mol. The summed E-state index contributed by atoms with van der Waals surface area (Å²) in [5.41, 5.74) is 0. The maximum Gasteiger partial charge on any atom is 0.587 e.